The lowest BCUT2D eigenvalue weighted by Gasteiger charge is -2.26. The van der Waals surface area contributed by atoms with E-state index in [-0.39, 0.29) is 22.8 Å². The van der Waals surface area contributed by atoms with Gasteiger partial charge in [-0.2, -0.15) is 0 Å². The van der Waals surface area contributed by atoms with Crippen molar-refractivity contribution in [2.45, 2.75) is 6.04 Å². The SMILES string of the molecule is COc1ccc(C2/C(=C(/O)c3ccc4ccccc4c3)C(=O)C(=O)N2c2cccc(Cl)c2)cc1O. The number of anilines is 1. The molecule has 35 heavy (non-hydrogen) atoms. The topological polar surface area (TPSA) is 87.1 Å². The predicted octanol–water partition coefficient (Wildman–Crippen LogP) is 5.83. The zero-order valence-corrected chi connectivity index (χ0v) is 19.4. The second kappa shape index (κ2) is 8.81. The molecule has 6 nitrogen and oxygen atoms in total. The number of hydrogen-bond acceptors (Lipinski definition) is 5. The summed E-state index contributed by atoms with van der Waals surface area (Å²) in [5.74, 6) is -1.87. The minimum absolute atomic E-state index is 0.0881. The lowest BCUT2D eigenvalue weighted by molar-refractivity contribution is -0.132. The molecular weight excluding hydrogens is 466 g/mol. The van der Waals surface area contributed by atoms with Crippen molar-refractivity contribution in [2.24, 2.45) is 0 Å². The number of Topliss-reactive ketones (excluding diaryl/α,β-unsaturated/α-hetero) is 1. The first-order valence-electron chi connectivity index (χ1n) is 10.8. The summed E-state index contributed by atoms with van der Waals surface area (Å²) in [4.78, 5) is 27.9. The number of phenolic OH excluding ortho intramolecular Hbond substituents is 1. The number of nitrogens with zero attached hydrogens (tertiary/aromatic N) is 1. The molecule has 4 aromatic rings. The van der Waals surface area contributed by atoms with Gasteiger partial charge in [-0.3, -0.25) is 14.5 Å². The smallest absolute Gasteiger partial charge is 0.300 e. The first kappa shape index (κ1) is 22.5. The van der Waals surface area contributed by atoms with Crippen LogP contribution in [-0.4, -0.2) is 29.0 Å². The molecule has 1 fully saturated rings. The Morgan fingerprint density at radius 1 is 0.914 bits per heavy atom. The van der Waals surface area contributed by atoms with E-state index in [4.69, 9.17) is 16.3 Å². The number of rotatable bonds is 4. The third-order valence-electron chi connectivity index (χ3n) is 6.07. The maximum absolute atomic E-state index is 13.3. The number of aromatic hydroxyl groups is 1. The minimum atomic E-state index is -1.00. The maximum Gasteiger partial charge on any atom is 0.300 e. The molecule has 0 aliphatic carbocycles. The third kappa shape index (κ3) is 3.88. The molecule has 0 bridgehead atoms. The molecule has 0 aromatic heterocycles. The largest absolute Gasteiger partial charge is 0.507 e. The molecule has 5 rings (SSSR count). The van der Waals surface area contributed by atoms with E-state index in [9.17, 15) is 19.8 Å². The van der Waals surface area contributed by atoms with Crippen molar-refractivity contribution in [1.82, 2.24) is 0 Å². The normalized spacial score (nSPS) is 17.2. The second-order valence-corrected chi connectivity index (χ2v) is 8.58. The Morgan fingerprint density at radius 2 is 1.69 bits per heavy atom. The average Bonchev–Trinajstić information content (AvgIpc) is 3.13. The van der Waals surface area contributed by atoms with Gasteiger partial charge in [0.15, 0.2) is 11.5 Å². The second-order valence-electron chi connectivity index (χ2n) is 8.14. The molecule has 174 valence electrons. The maximum atomic E-state index is 13.3. The zero-order chi connectivity index (χ0) is 24.7. The van der Waals surface area contributed by atoms with Gasteiger partial charge in [-0.15, -0.1) is 0 Å². The van der Waals surface area contributed by atoms with Crippen LogP contribution in [0.2, 0.25) is 5.02 Å². The number of carbonyl (C=O) groups is 2. The van der Waals surface area contributed by atoms with Crippen molar-refractivity contribution >= 4 is 45.5 Å². The number of benzene rings is 4. The van der Waals surface area contributed by atoms with Crippen molar-refractivity contribution in [3.63, 3.8) is 0 Å². The monoisotopic (exact) mass is 485 g/mol. The van der Waals surface area contributed by atoms with Crippen LogP contribution in [0, 0.1) is 0 Å². The van der Waals surface area contributed by atoms with Crippen molar-refractivity contribution < 1.29 is 24.5 Å². The van der Waals surface area contributed by atoms with E-state index in [1.165, 1.54) is 18.1 Å². The van der Waals surface area contributed by atoms with Gasteiger partial charge < -0.3 is 14.9 Å². The number of ketones is 1. The number of fused-ring (bicyclic) bond motifs is 1. The Morgan fingerprint density at radius 3 is 2.40 bits per heavy atom. The van der Waals surface area contributed by atoms with Crippen molar-refractivity contribution in [2.75, 3.05) is 12.0 Å². The Labute approximate surface area is 206 Å². The Bertz CT molecular complexity index is 1530. The van der Waals surface area contributed by atoms with E-state index in [1.807, 2.05) is 30.3 Å². The van der Waals surface area contributed by atoms with Gasteiger partial charge >= 0.3 is 0 Å². The molecule has 1 heterocycles. The summed E-state index contributed by atoms with van der Waals surface area (Å²) >= 11 is 6.18. The van der Waals surface area contributed by atoms with Crippen LogP contribution in [0.4, 0.5) is 5.69 Å². The van der Waals surface area contributed by atoms with Gasteiger partial charge in [-0.05, 0) is 52.7 Å². The molecule has 0 spiro atoms. The fourth-order valence-electron chi connectivity index (χ4n) is 4.41. The van der Waals surface area contributed by atoms with E-state index in [1.54, 1.807) is 48.5 Å². The Kier molecular flexibility index (Phi) is 5.67. The molecule has 0 saturated carbocycles. The summed E-state index contributed by atoms with van der Waals surface area (Å²) in [6.45, 7) is 0. The van der Waals surface area contributed by atoms with Crippen LogP contribution in [0.3, 0.4) is 0 Å². The standard InChI is InChI=1S/C28H20ClNO5/c1-35-23-12-11-18(14-22(23)31)25-24(26(32)19-10-9-16-5-2-3-6-17(16)13-19)27(33)28(34)30(25)21-8-4-7-20(29)15-21/h2-15,25,31-32H,1H3/b26-24-. The summed E-state index contributed by atoms with van der Waals surface area (Å²) in [5.41, 5.74) is 1.12. The molecule has 1 amide bonds. The van der Waals surface area contributed by atoms with E-state index in [0.29, 0.717) is 21.8 Å². The van der Waals surface area contributed by atoms with Crippen molar-refractivity contribution in [1.29, 1.82) is 0 Å². The zero-order valence-electron chi connectivity index (χ0n) is 18.6. The molecule has 1 atom stereocenters. The molecule has 1 aliphatic rings. The molecule has 2 N–H and O–H groups in total. The van der Waals surface area contributed by atoms with Gasteiger partial charge in [0.1, 0.15) is 5.76 Å². The highest BCUT2D eigenvalue weighted by Crippen LogP contribution is 2.44. The summed E-state index contributed by atoms with van der Waals surface area (Å²) in [6, 6.07) is 23.1. The van der Waals surface area contributed by atoms with Crippen LogP contribution in [0.15, 0.2) is 90.5 Å². The molecule has 1 saturated heterocycles. The summed E-state index contributed by atoms with van der Waals surface area (Å²) in [5, 5.41) is 24.0. The minimum Gasteiger partial charge on any atom is -0.507 e. The number of amides is 1. The number of carbonyl (C=O) groups excluding carboxylic acids is 2. The molecule has 1 aliphatic heterocycles. The summed E-state index contributed by atoms with van der Waals surface area (Å²) in [7, 11) is 1.42. The van der Waals surface area contributed by atoms with Gasteiger partial charge in [0.05, 0.1) is 18.7 Å². The fraction of sp³-hybridized carbons (Fsp3) is 0.0714. The molecule has 7 heteroatoms. The van der Waals surface area contributed by atoms with Crippen molar-refractivity contribution in [3.05, 3.63) is 107 Å². The molecule has 4 aromatic carbocycles. The number of halogens is 1. The van der Waals surface area contributed by atoms with Crippen LogP contribution < -0.4 is 9.64 Å². The third-order valence-corrected chi connectivity index (χ3v) is 6.31. The van der Waals surface area contributed by atoms with Gasteiger partial charge in [0.2, 0.25) is 0 Å². The van der Waals surface area contributed by atoms with E-state index in [2.05, 4.69) is 0 Å². The first-order valence-corrected chi connectivity index (χ1v) is 11.2. The highest BCUT2D eigenvalue weighted by Gasteiger charge is 2.47. The number of phenols is 1. The van der Waals surface area contributed by atoms with Crippen LogP contribution in [0.1, 0.15) is 17.2 Å². The van der Waals surface area contributed by atoms with Gasteiger partial charge in [-0.25, -0.2) is 0 Å². The number of aliphatic hydroxyl groups is 1. The van der Waals surface area contributed by atoms with E-state index < -0.39 is 17.7 Å². The fourth-order valence-corrected chi connectivity index (χ4v) is 4.59. The molecule has 0 radical (unpaired) electrons. The van der Waals surface area contributed by atoms with Gasteiger partial charge in [-0.1, -0.05) is 60.1 Å². The highest BCUT2D eigenvalue weighted by molar-refractivity contribution is 6.51. The van der Waals surface area contributed by atoms with Crippen LogP contribution in [0.25, 0.3) is 16.5 Å². The number of methoxy groups -OCH3 is 1. The number of hydrogen-bond donors (Lipinski definition) is 2. The number of aliphatic hydroxyl groups excluding tert-OH is 1. The van der Waals surface area contributed by atoms with Crippen molar-refractivity contribution in [3.8, 4) is 11.5 Å². The Balaban J connectivity index is 1.74. The first-order chi connectivity index (χ1) is 16.9. The predicted molar refractivity (Wildman–Crippen MR) is 135 cm³/mol. The van der Waals surface area contributed by atoms with Gasteiger partial charge in [0.25, 0.3) is 11.7 Å². The Hall–Kier alpha value is -4.29. The van der Waals surface area contributed by atoms with Gasteiger partial charge in [0, 0.05) is 16.3 Å². The lowest BCUT2D eigenvalue weighted by Crippen LogP contribution is -2.29. The van der Waals surface area contributed by atoms with Crippen LogP contribution in [0.5, 0.6) is 11.5 Å². The average molecular weight is 486 g/mol. The van der Waals surface area contributed by atoms with E-state index in [0.717, 1.165) is 10.8 Å². The summed E-state index contributed by atoms with van der Waals surface area (Å²) in [6.07, 6.45) is 0. The molecular formula is C28H20ClNO5. The quantitative estimate of drug-likeness (QED) is 0.215. The molecule has 1 unspecified atom stereocenters. The summed E-state index contributed by atoms with van der Waals surface area (Å²) < 4.78 is 5.14. The number of ether oxygens (including phenoxy) is 1. The van der Waals surface area contributed by atoms with Crippen LogP contribution in [-0.2, 0) is 9.59 Å². The van der Waals surface area contributed by atoms with Crippen LogP contribution >= 0.6 is 11.6 Å². The lowest BCUT2D eigenvalue weighted by atomic mass is 9.94. The highest BCUT2D eigenvalue weighted by atomic mass is 35.5. The van der Waals surface area contributed by atoms with E-state index >= 15 is 0 Å².